The van der Waals surface area contributed by atoms with Crippen molar-refractivity contribution in [1.82, 2.24) is 0 Å². The van der Waals surface area contributed by atoms with E-state index in [9.17, 15) is 10.2 Å². The Morgan fingerprint density at radius 2 is 1.76 bits per heavy atom. The van der Waals surface area contributed by atoms with Crippen molar-refractivity contribution in [3.63, 3.8) is 0 Å². The second-order valence-electron chi connectivity index (χ2n) is 10.7. The third-order valence-electron chi connectivity index (χ3n) is 9.96. The third kappa shape index (κ3) is 2.49. The molecule has 0 saturated heterocycles. The maximum Gasteiger partial charge on any atom is 0.0602 e. The SMILES string of the molecule is [CH2]C[C@@H](C)[C@H]1CC[C@H]2[C@@H]3CCC4CC(O)CC[C@]4(C)[C@H]3CC(O)[C@]12C. The second kappa shape index (κ2) is 6.23. The fourth-order valence-electron chi connectivity index (χ4n) is 8.36. The van der Waals surface area contributed by atoms with E-state index in [-0.39, 0.29) is 17.6 Å². The molecule has 25 heavy (non-hydrogen) atoms. The zero-order valence-corrected chi connectivity index (χ0v) is 16.6. The molecule has 143 valence electrons. The van der Waals surface area contributed by atoms with Gasteiger partial charge in [0.2, 0.25) is 0 Å². The van der Waals surface area contributed by atoms with Gasteiger partial charge in [0.05, 0.1) is 12.2 Å². The molecule has 4 fully saturated rings. The van der Waals surface area contributed by atoms with Crippen molar-refractivity contribution in [2.45, 2.75) is 90.8 Å². The summed E-state index contributed by atoms with van der Waals surface area (Å²) in [6.45, 7) is 11.4. The first kappa shape index (κ1) is 18.3. The molecule has 0 aliphatic heterocycles. The van der Waals surface area contributed by atoms with Crippen LogP contribution in [0.1, 0.15) is 78.6 Å². The van der Waals surface area contributed by atoms with Crippen LogP contribution in [0.25, 0.3) is 0 Å². The monoisotopic (exact) mass is 347 g/mol. The molecule has 1 radical (unpaired) electrons. The van der Waals surface area contributed by atoms with Crippen LogP contribution in [0.3, 0.4) is 0 Å². The van der Waals surface area contributed by atoms with Gasteiger partial charge in [-0.05, 0) is 97.7 Å². The van der Waals surface area contributed by atoms with Crippen LogP contribution in [-0.2, 0) is 0 Å². The number of fused-ring (bicyclic) bond motifs is 5. The Morgan fingerprint density at radius 1 is 1.00 bits per heavy atom. The molecule has 2 nitrogen and oxygen atoms in total. The highest BCUT2D eigenvalue weighted by Crippen LogP contribution is 2.68. The van der Waals surface area contributed by atoms with Crippen LogP contribution in [0.4, 0.5) is 0 Å². The molecule has 4 aliphatic carbocycles. The van der Waals surface area contributed by atoms with E-state index in [2.05, 4.69) is 27.7 Å². The predicted octanol–water partition coefficient (Wildman–Crippen LogP) is 4.84. The van der Waals surface area contributed by atoms with Crippen molar-refractivity contribution in [2.75, 3.05) is 0 Å². The van der Waals surface area contributed by atoms with Crippen molar-refractivity contribution in [2.24, 2.45) is 46.3 Å². The van der Waals surface area contributed by atoms with Crippen molar-refractivity contribution in [1.29, 1.82) is 0 Å². The second-order valence-corrected chi connectivity index (χ2v) is 10.7. The van der Waals surface area contributed by atoms with Gasteiger partial charge in [-0.3, -0.25) is 0 Å². The Bertz CT molecular complexity index is 504. The number of aliphatic hydroxyl groups excluding tert-OH is 2. The van der Waals surface area contributed by atoms with E-state index < -0.39 is 0 Å². The zero-order chi connectivity index (χ0) is 18.0. The summed E-state index contributed by atoms with van der Waals surface area (Å²) >= 11 is 0. The predicted molar refractivity (Wildman–Crippen MR) is 102 cm³/mol. The fraction of sp³-hybridized carbons (Fsp3) is 0.957. The minimum atomic E-state index is -0.150. The lowest BCUT2D eigenvalue weighted by Gasteiger charge is -2.62. The topological polar surface area (TPSA) is 40.5 Å². The van der Waals surface area contributed by atoms with Gasteiger partial charge in [-0.15, -0.1) is 0 Å². The summed E-state index contributed by atoms with van der Waals surface area (Å²) in [6, 6.07) is 0. The van der Waals surface area contributed by atoms with Gasteiger partial charge in [-0.2, -0.15) is 0 Å². The van der Waals surface area contributed by atoms with Crippen molar-refractivity contribution in [3.05, 3.63) is 6.92 Å². The molecule has 4 aliphatic rings. The van der Waals surface area contributed by atoms with Crippen LogP contribution in [0.5, 0.6) is 0 Å². The van der Waals surface area contributed by atoms with Gasteiger partial charge in [-0.1, -0.05) is 34.1 Å². The van der Waals surface area contributed by atoms with Crippen LogP contribution in [0.2, 0.25) is 0 Å². The van der Waals surface area contributed by atoms with Gasteiger partial charge < -0.3 is 10.2 Å². The Kier molecular flexibility index (Phi) is 4.56. The van der Waals surface area contributed by atoms with Gasteiger partial charge in [-0.25, -0.2) is 0 Å². The molecule has 0 heterocycles. The van der Waals surface area contributed by atoms with Crippen LogP contribution < -0.4 is 0 Å². The molecule has 0 bridgehead atoms. The smallest absolute Gasteiger partial charge is 0.0602 e. The maximum absolute atomic E-state index is 11.4. The average Bonchev–Trinajstić information content (AvgIpc) is 2.95. The van der Waals surface area contributed by atoms with Gasteiger partial charge in [0, 0.05) is 0 Å². The van der Waals surface area contributed by atoms with E-state index in [4.69, 9.17) is 0 Å². The zero-order valence-electron chi connectivity index (χ0n) is 16.6. The lowest BCUT2D eigenvalue weighted by molar-refractivity contribution is -0.174. The van der Waals surface area contributed by atoms with Crippen molar-refractivity contribution >= 4 is 0 Å². The van der Waals surface area contributed by atoms with E-state index in [1.807, 2.05) is 0 Å². The normalized spacial score (nSPS) is 56.6. The van der Waals surface area contributed by atoms with Crippen LogP contribution in [-0.4, -0.2) is 22.4 Å². The van der Waals surface area contributed by atoms with Crippen molar-refractivity contribution < 1.29 is 10.2 Å². The molecule has 0 aromatic carbocycles. The fourth-order valence-corrected chi connectivity index (χ4v) is 8.36. The van der Waals surface area contributed by atoms with Gasteiger partial charge in [0.25, 0.3) is 0 Å². The molecule has 2 N–H and O–H groups in total. The Labute approximate surface area is 154 Å². The first-order valence-electron chi connectivity index (χ1n) is 11.0. The molecule has 0 aromatic heterocycles. The summed E-state index contributed by atoms with van der Waals surface area (Å²) in [5.41, 5.74) is 0.454. The molecular weight excluding hydrogens is 308 g/mol. The molecule has 0 amide bonds. The van der Waals surface area contributed by atoms with Crippen LogP contribution >= 0.6 is 0 Å². The van der Waals surface area contributed by atoms with E-state index in [1.165, 1.54) is 25.7 Å². The highest BCUT2D eigenvalue weighted by molar-refractivity contribution is 5.12. The largest absolute Gasteiger partial charge is 0.393 e. The Balaban J connectivity index is 1.64. The summed E-state index contributed by atoms with van der Waals surface area (Å²) < 4.78 is 0. The molecular formula is C23H39O2. The van der Waals surface area contributed by atoms with E-state index in [0.29, 0.717) is 35.0 Å². The lowest BCUT2D eigenvalue weighted by Crippen LogP contribution is -2.58. The minimum Gasteiger partial charge on any atom is -0.393 e. The number of hydrogen-bond donors (Lipinski definition) is 2. The Hall–Kier alpha value is -0.0800. The third-order valence-corrected chi connectivity index (χ3v) is 9.96. The molecule has 4 saturated carbocycles. The van der Waals surface area contributed by atoms with E-state index in [1.54, 1.807) is 0 Å². The number of hydrogen-bond acceptors (Lipinski definition) is 2. The molecule has 3 unspecified atom stereocenters. The van der Waals surface area contributed by atoms with E-state index >= 15 is 0 Å². The van der Waals surface area contributed by atoms with Gasteiger partial charge >= 0.3 is 0 Å². The lowest BCUT2D eigenvalue weighted by atomic mass is 9.43. The molecule has 10 atom stereocenters. The minimum absolute atomic E-state index is 0.0813. The first-order valence-corrected chi connectivity index (χ1v) is 11.0. The molecule has 0 spiro atoms. The molecule has 4 rings (SSSR count). The average molecular weight is 348 g/mol. The summed E-state index contributed by atoms with van der Waals surface area (Å²) in [4.78, 5) is 0. The van der Waals surface area contributed by atoms with Gasteiger partial charge in [0.15, 0.2) is 0 Å². The summed E-state index contributed by atoms with van der Waals surface area (Å²) in [7, 11) is 0. The highest BCUT2D eigenvalue weighted by atomic mass is 16.3. The molecule has 2 heteroatoms. The van der Waals surface area contributed by atoms with Crippen molar-refractivity contribution in [3.8, 4) is 0 Å². The Morgan fingerprint density at radius 3 is 2.48 bits per heavy atom. The van der Waals surface area contributed by atoms with Crippen LogP contribution in [0.15, 0.2) is 0 Å². The summed E-state index contributed by atoms with van der Waals surface area (Å²) in [5, 5.41) is 21.5. The van der Waals surface area contributed by atoms with E-state index in [0.717, 1.165) is 38.0 Å². The van der Waals surface area contributed by atoms with Gasteiger partial charge in [0.1, 0.15) is 0 Å². The first-order chi connectivity index (χ1) is 11.8. The maximum atomic E-state index is 11.4. The van der Waals surface area contributed by atoms with Crippen LogP contribution in [0, 0.1) is 53.3 Å². The number of rotatable bonds is 2. The quantitative estimate of drug-likeness (QED) is 0.750. The summed E-state index contributed by atoms with van der Waals surface area (Å²) in [5.74, 6) is 4.10. The molecule has 0 aromatic rings. The highest BCUT2D eigenvalue weighted by Gasteiger charge is 2.63. The standard InChI is InChI=1S/C23H39O2/c1-5-14(2)18-8-9-19-17-7-6-15-12-16(24)10-11-22(15,3)20(17)13-21(25)23(18,19)4/h14-21,24-25H,1,5-13H2,2-4H3/t14-,15?,16?,17+,18-,19+,20+,21?,22+,23-/m1/s1. The number of aliphatic hydroxyl groups is 2. The summed E-state index contributed by atoms with van der Waals surface area (Å²) in [6.07, 6.45) is 10.1.